The molecule has 0 unspecified atom stereocenters. The number of ether oxygens (including phenoxy) is 1. The van der Waals surface area contributed by atoms with Crippen molar-refractivity contribution in [2.45, 2.75) is 31.5 Å². The molecule has 1 aromatic carbocycles. The van der Waals surface area contributed by atoms with Crippen molar-refractivity contribution in [2.75, 3.05) is 6.61 Å². The van der Waals surface area contributed by atoms with Crippen molar-refractivity contribution in [1.29, 1.82) is 0 Å². The van der Waals surface area contributed by atoms with Gasteiger partial charge in [-0.3, -0.25) is 4.57 Å². The van der Waals surface area contributed by atoms with Gasteiger partial charge >= 0.3 is 0 Å². The summed E-state index contributed by atoms with van der Waals surface area (Å²) in [4.78, 5) is 8.60. The van der Waals surface area contributed by atoms with Crippen LogP contribution in [0.2, 0.25) is 0 Å². The van der Waals surface area contributed by atoms with Crippen molar-refractivity contribution < 1.29 is 20.1 Å². The Bertz CT molecular complexity index is 878. The molecular formula is C16H17N3O4. The van der Waals surface area contributed by atoms with Crippen molar-refractivity contribution in [3.8, 4) is 0 Å². The Morgan fingerprint density at radius 3 is 2.70 bits per heavy atom. The molecule has 4 rings (SSSR count). The van der Waals surface area contributed by atoms with Crippen LogP contribution < -0.4 is 0 Å². The third-order valence-electron chi connectivity index (χ3n) is 4.45. The molecule has 7 nitrogen and oxygen atoms in total. The summed E-state index contributed by atoms with van der Waals surface area (Å²) < 4.78 is 7.45. The molecule has 3 N–H and O–H groups in total. The number of aromatic nitrogens is 3. The van der Waals surface area contributed by atoms with Gasteiger partial charge in [0.2, 0.25) is 0 Å². The van der Waals surface area contributed by atoms with E-state index in [1.165, 1.54) is 6.33 Å². The number of hydrogen-bond donors (Lipinski definition) is 3. The Morgan fingerprint density at radius 2 is 1.96 bits per heavy atom. The minimum absolute atomic E-state index is 0.361. The van der Waals surface area contributed by atoms with Crippen molar-refractivity contribution in [2.24, 2.45) is 0 Å². The van der Waals surface area contributed by atoms with E-state index in [1.54, 1.807) is 4.57 Å². The number of rotatable bonds is 2. The van der Waals surface area contributed by atoms with E-state index in [0.717, 1.165) is 22.0 Å². The highest BCUT2D eigenvalue weighted by Crippen LogP contribution is 2.37. The molecule has 0 radical (unpaired) electrons. The van der Waals surface area contributed by atoms with E-state index < -0.39 is 24.5 Å². The average molecular weight is 315 g/mol. The van der Waals surface area contributed by atoms with Gasteiger partial charge in [0.25, 0.3) is 0 Å². The molecule has 3 heterocycles. The number of aliphatic hydroxyl groups excluding tert-OH is 3. The Kier molecular flexibility index (Phi) is 3.31. The van der Waals surface area contributed by atoms with Gasteiger partial charge in [-0.15, -0.1) is 0 Å². The van der Waals surface area contributed by atoms with E-state index >= 15 is 0 Å². The largest absolute Gasteiger partial charge is 0.394 e. The summed E-state index contributed by atoms with van der Waals surface area (Å²) in [5.41, 5.74) is 2.30. The first-order valence-electron chi connectivity index (χ1n) is 7.46. The second kappa shape index (κ2) is 5.24. The second-order valence-corrected chi connectivity index (χ2v) is 5.77. The van der Waals surface area contributed by atoms with Gasteiger partial charge in [0.15, 0.2) is 6.23 Å². The van der Waals surface area contributed by atoms with Crippen molar-refractivity contribution in [3.05, 3.63) is 36.3 Å². The van der Waals surface area contributed by atoms with Crippen LogP contribution in [-0.2, 0) is 4.74 Å². The minimum Gasteiger partial charge on any atom is -0.394 e. The highest BCUT2D eigenvalue weighted by molar-refractivity contribution is 6.07. The van der Waals surface area contributed by atoms with Crippen molar-refractivity contribution >= 4 is 21.9 Å². The lowest BCUT2D eigenvalue weighted by Crippen LogP contribution is -2.33. The van der Waals surface area contributed by atoms with E-state index in [1.807, 2.05) is 31.2 Å². The zero-order valence-electron chi connectivity index (χ0n) is 12.5. The first-order chi connectivity index (χ1) is 11.1. The molecule has 0 aliphatic carbocycles. The fourth-order valence-corrected chi connectivity index (χ4v) is 3.32. The van der Waals surface area contributed by atoms with Gasteiger partial charge in [-0.05, 0) is 13.0 Å². The van der Waals surface area contributed by atoms with Gasteiger partial charge < -0.3 is 20.1 Å². The monoisotopic (exact) mass is 315 g/mol. The molecule has 120 valence electrons. The highest BCUT2D eigenvalue weighted by Gasteiger charge is 2.44. The van der Waals surface area contributed by atoms with Crippen LogP contribution >= 0.6 is 0 Å². The zero-order chi connectivity index (χ0) is 16.1. The van der Waals surface area contributed by atoms with Gasteiger partial charge in [-0.1, -0.05) is 18.2 Å². The predicted octanol–water partition coefficient (Wildman–Crippen LogP) is 0.504. The van der Waals surface area contributed by atoms with Gasteiger partial charge in [0.05, 0.1) is 17.8 Å². The van der Waals surface area contributed by atoms with Gasteiger partial charge in [-0.25, -0.2) is 9.97 Å². The van der Waals surface area contributed by atoms with Crippen LogP contribution in [0, 0.1) is 6.92 Å². The lowest BCUT2D eigenvalue weighted by Gasteiger charge is -2.18. The molecule has 1 aliphatic heterocycles. The van der Waals surface area contributed by atoms with Crippen LogP contribution in [0.5, 0.6) is 0 Å². The third kappa shape index (κ3) is 1.98. The van der Waals surface area contributed by atoms with Crippen LogP contribution in [0.1, 0.15) is 11.9 Å². The predicted molar refractivity (Wildman–Crippen MR) is 82.8 cm³/mol. The molecular weight excluding hydrogens is 298 g/mol. The van der Waals surface area contributed by atoms with E-state index in [4.69, 9.17) is 4.74 Å². The molecule has 1 saturated heterocycles. The number of fused-ring (bicyclic) bond motifs is 3. The topological polar surface area (TPSA) is 101 Å². The summed E-state index contributed by atoms with van der Waals surface area (Å²) in [5, 5.41) is 31.6. The SMILES string of the molecule is Cc1ncnc2c1c1ccccc1n2[C@@H]1O[C@H](CO)[C@@H](O)[C@H]1O. The number of benzene rings is 1. The molecule has 4 atom stereocenters. The van der Waals surface area contributed by atoms with Crippen molar-refractivity contribution in [3.63, 3.8) is 0 Å². The number of para-hydroxylation sites is 1. The molecule has 0 bridgehead atoms. The maximum atomic E-state index is 10.4. The minimum atomic E-state index is -1.15. The summed E-state index contributed by atoms with van der Waals surface area (Å²) in [7, 11) is 0. The fourth-order valence-electron chi connectivity index (χ4n) is 3.32. The molecule has 2 aromatic heterocycles. The van der Waals surface area contributed by atoms with E-state index in [2.05, 4.69) is 9.97 Å². The van der Waals surface area contributed by atoms with Crippen molar-refractivity contribution in [1.82, 2.24) is 14.5 Å². The fraction of sp³-hybridized carbons (Fsp3) is 0.375. The standard InChI is InChI=1S/C16H17N3O4/c1-8-12-9-4-2-3-5-10(9)19(15(12)18-7-17-8)16-14(22)13(21)11(6-20)23-16/h2-5,7,11,13-14,16,20-22H,6H2,1H3/t11-,13-,14-,16-/m1/s1. The quantitative estimate of drug-likeness (QED) is 0.637. The number of hydrogen-bond acceptors (Lipinski definition) is 6. The molecule has 1 aliphatic rings. The Morgan fingerprint density at radius 1 is 1.17 bits per heavy atom. The van der Waals surface area contributed by atoms with Gasteiger partial charge in [0, 0.05) is 10.8 Å². The zero-order valence-corrected chi connectivity index (χ0v) is 12.5. The molecule has 3 aromatic rings. The number of nitrogens with zero attached hydrogens (tertiary/aromatic N) is 3. The first kappa shape index (κ1) is 14.5. The van der Waals surface area contributed by atoms with E-state index in [0.29, 0.717) is 5.65 Å². The molecule has 1 fully saturated rings. The van der Waals surface area contributed by atoms with Crippen LogP contribution in [0.15, 0.2) is 30.6 Å². The lowest BCUT2D eigenvalue weighted by molar-refractivity contribution is -0.0489. The van der Waals surface area contributed by atoms with E-state index in [-0.39, 0.29) is 6.61 Å². The number of aryl methyl sites for hydroxylation is 1. The van der Waals surface area contributed by atoms with Crippen LogP contribution in [0.25, 0.3) is 21.9 Å². The normalized spacial score (nSPS) is 28.0. The van der Waals surface area contributed by atoms with Crippen LogP contribution in [0.3, 0.4) is 0 Å². The lowest BCUT2D eigenvalue weighted by atomic mass is 10.1. The smallest absolute Gasteiger partial charge is 0.165 e. The second-order valence-electron chi connectivity index (χ2n) is 5.77. The van der Waals surface area contributed by atoms with Gasteiger partial charge in [-0.2, -0.15) is 0 Å². The van der Waals surface area contributed by atoms with Crippen LogP contribution in [-0.4, -0.2) is 54.8 Å². The summed E-state index contributed by atoms with van der Waals surface area (Å²) in [6.07, 6.45) is -2.48. The summed E-state index contributed by atoms with van der Waals surface area (Å²) in [6, 6.07) is 7.69. The summed E-state index contributed by atoms with van der Waals surface area (Å²) in [6.45, 7) is 1.54. The van der Waals surface area contributed by atoms with E-state index in [9.17, 15) is 15.3 Å². The Labute approximate surface area is 131 Å². The molecule has 0 amide bonds. The Balaban J connectivity index is 2.01. The van der Waals surface area contributed by atoms with Gasteiger partial charge in [0.1, 0.15) is 30.3 Å². The maximum Gasteiger partial charge on any atom is 0.165 e. The summed E-state index contributed by atoms with van der Waals surface area (Å²) in [5.74, 6) is 0. The first-order valence-corrected chi connectivity index (χ1v) is 7.46. The maximum absolute atomic E-state index is 10.4. The third-order valence-corrected chi connectivity index (χ3v) is 4.45. The average Bonchev–Trinajstić information content (AvgIpc) is 3.04. The molecule has 7 heteroatoms. The molecule has 0 spiro atoms. The molecule has 23 heavy (non-hydrogen) atoms. The highest BCUT2D eigenvalue weighted by atomic mass is 16.6. The Hall–Kier alpha value is -2.06. The number of aliphatic hydroxyl groups is 3. The summed E-state index contributed by atoms with van der Waals surface area (Å²) >= 11 is 0. The van der Waals surface area contributed by atoms with Crippen LogP contribution in [0.4, 0.5) is 0 Å². The molecule has 0 saturated carbocycles.